The highest BCUT2D eigenvalue weighted by atomic mass is 32.2. The Morgan fingerprint density at radius 3 is 2.14 bits per heavy atom. The Morgan fingerprint density at radius 1 is 1.19 bits per heavy atom. The van der Waals surface area contributed by atoms with E-state index in [4.69, 9.17) is 0 Å². The van der Waals surface area contributed by atoms with Crippen molar-refractivity contribution in [3.63, 3.8) is 0 Å². The molecule has 0 bridgehead atoms. The first-order valence-corrected chi connectivity index (χ1v) is 8.81. The first-order chi connectivity index (χ1) is 9.58. The highest BCUT2D eigenvalue weighted by molar-refractivity contribution is 7.89. The van der Waals surface area contributed by atoms with Gasteiger partial charge in [-0.15, -0.1) is 0 Å². The average molecular weight is 312 g/mol. The number of rotatable bonds is 6. The number of benzene rings is 1. The minimum Gasteiger partial charge on any atom is -0.310 e. The van der Waals surface area contributed by atoms with Gasteiger partial charge in [0.1, 0.15) is 0 Å². The lowest BCUT2D eigenvalue weighted by molar-refractivity contribution is 0.311. The summed E-state index contributed by atoms with van der Waals surface area (Å²) >= 11 is 0. The molecule has 0 saturated heterocycles. The van der Waals surface area contributed by atoms with Crippen molar-refractivity contribution >= 4 is 10.0 Å². The molecule has 1 unspecified atom stereocenters. The quantitative estimate of drug-likeness (QED) is 0.878. The van der Waals surface area contributed by atoms with E-state index in [1.165, 1.54) is 4.31 Å². The van der Waals surface area contributed by atoms with Crippen LogP contribution in [-0.2, 0) is 10.0 Å². The lowest BCUT2D eigenvalue weighted by Gasteiger charge is -2.26. The summed E-state index contributed by atoms with van der Waals surface area (Å²) in [6, 6.07) is 7.37. The van der Waals surface area contributed by atoms with Gasteiger partial charge in [0.15, 0.2) is 0 Å². The van der Waals surface area contributed by atoms with Crippen LogP contribution in [0.1, 0.15) is 46.2 Å². The van der Waals surface area contributed by atoms with E-state index >= 15 is 0 Å². The third-order valence-electron chi connectivity index (χ3n) is 3.30. The molecule has 0 saturated carbocycles. The minimum absolute atomic E-state index is 0.0681. The van der Waals surface area contributed by atoms with E-state index in [1.54, 1.807) is 19.2 Å². The molecule has 1 aromatic rings. The Kier molecular flexibility index (Phi) is 5.96. The van der Waals surface area contributed by atoms with Crippen LogP contribution in [0, 0.1) is 5.41 Å². The molecule has 0 amide bonds. The Hall–Kier alpha value is -0.910. The molecule has 1 aromatic carbocycles. The summed E-state index contributed by atoms with van der Waals surface area (Å²) in [6.07, 6.45) is 0. The lowest BCUT2D eigenvalue weighted by atomic mass is 9.97. The van der Waals surface area contributed by atoms with Crippen molar-refractivity contribution in [3.8, 4) is 0 Å². The standard InChI is InChI=1S/C16H28N2O2S/c1-7-17-13(2)14-8-10-15(11-9-14)21(19,20)18(6)12-16(3,4)5/h8-11,13,17H,7,12H2,1-6H3. The predicted octanol–water partition coefficient (Wildman–Crippen LogP) is 3.02. The number of nitrogens with one attached hydrogen (secondary N) is 1. The van der Waals surface area contributed by atoms with Crippen LogP contribution in [0.4, 0.5) is 0 Å². The van der Waals surface area contributed by atoms with Crippen molar-refractivity contribution in [2.45, 2.75) is 45.6 Å². The van der Waals surface area contributed by atoms with Crippen LogP contribution in [0.15, 0.2) is 29.2 Å². The Labute approximate surface area is 129 Å². The van der Waals surface area contributed by atoms with Crippen LogP contribution >= 0.6 is 0 Å². The molecule has 0 fully saturated rings. The molecule has 0 aromatic heterocycles. The molecule has 1 rings (SSSR count). The van der Waals surface area contributed by atoms with Crippen molar-refractivity contribution in [1.29, 1.82) is 0 Å². The molecule has 0 aliphatic rings. The molecule has 0 spiro atoms. The number of hydrogen-bond acceptors (Lipinski definition) is 3. The molecule has 0 aliphatic carbocycles. The van der Waals surface area contributed by atoms with E-state index in [1.807, 2.05) is 32.9 Å². The zero-order chi connectivity index (χ0) is 16.3. The summed E-state index contributed by atoms with van der Waals surface area (Å²) in [7, 11) is -1.78. The van der Waals surface area contributed by atoms with Crippen LogP contribution in [0.5, 0.6) is 0 Å². The van der Waals surface area contributed by atoms with Gasteiger partial charge in [-0.25, -0.2) is 12.7 Å². The van der Waals surface area contributed by atoms with E-state index in [0.717, 1.165) is 12.1 Å². The van der Waals surface area contributed by atoms with Crippen molar-refractivity contribution in [2.75, 3.05) is 20.1 Å². The van der Waals surface area contributed by atoms with Gasteiger partial charge in [0.2, 0.25) is 10.0 Å². The fourth-order valence-electron chi connectivity index (χ4n) is 2.29. The van der Waals surface area contributed by atoms with E-state index in [2.05, 4.69) is 19.2 Å². The summed E-state index contributed by atoms with van der Waals surface area (Å²) in [5.74, 6) is 0. The van der Waals surface area contributed by atoms with Gasteiger partial charge in [0.05, 0.1) is 4.90 Å². The first-order valence-electron chi connectivity index (χ1n) is 7.37. The predicted molar refractivity (Wildman–Crippen MR) is 87.8 cm³/mol. The molecule has 1 N–H and O–H groups in total. The molecule has 1 atom stereocenters. The molecule has 0 radical (unpaired) electrons. The topological polar surface area (TPSA) is 49.4 Å². The fraction of sp³-hybridized carbons (Fsp3) is 0.625. The normalized spacial score (nSPS) is 14.4. The van der Waals surface area contributed by atoms with Gasteiger partial charge < -0.3 is 5.32 Å². The van der Waals surface area contributed by atoms with Crippen LogP contribution < -0.4 is 5.32 Å². The summed E-state index contributed by atoms with van der Waals surface area (Å²) in [6.45, 7) is 11.6. The van der Waals surface area contributed by atoms with Gasteiger partial charge in [0, 0.05) is 19.6 Å². The molecular weight excluding hydrogens is 284 g/mol. The van der Waals surface area contributed by atoms with E-state index in [0.29, 0.717) is 11.4 Å². The van der Waals surface area contributed by atoms with Crippen LogP contribution in [0.2, 0.25) is 0 Å². The van der Waals surface area contributed by atoms with E-state index in [9.17, 15) is 8.42 Å². The molecule has 120 valence electrons. The summed E-state index contributed by atoms with van der Waals surface area (Å²) in [5, 5.41) is 3.31. The fourth-order valence-corrected chi connectivity index (χ4v) is 3.68. The molecule has 21 heavy (non-hydrogen) atoms. The lowest BCUT2D eigenvalue weighted by Crippen LogP contribution is -2.34. The number of sulfonamides is 1. The summed E-state index contributed by atoms with van der Waals surface area (Å²) in [4.78, 5) is 0.349. The molecule has 0 aliphatic heterocycles. The van der Waals surface area contributed by atoms with Gasteiger partial charge >= 0.3 is 0 Å². The van der Waals surface area contributed by atoms with Crippen molar-refractivity contribution in [1.82, 2.24) is 9.62 Å². The van der Waals surface area contributed by atoms with Crippen LogP contribution in [0.25, 0.3) is 0 Å². The Bertz CT molecular complexity index is 545. The molecule has 5 heteroatoms. The first kappa shape index (κ1) is 18.1. The number of nitrogens with zero attached hydrogens (tertiary/aromatic N) is 1. The smallest absolute Gasteiger partial charge is 0.242 e. The van der Waals surface area contributed by atoms with Gasteiger partial charge in [0.25, 0.3) is 0 Å². The maximum Gasteiger partial charge on any atom is 0.242 e. The average Bonchev–Trinajstić information content (AvgIpc) is 2.37. The highest BCUT2D eigenvalue weighted by Gasteiger charge is 2.25. The molecule has 0 heterocycles. The molecule has 4 nitrogen and oxygen atoms in total. The zero-order valence-corrected chi connectivity index (χ0v) is 14.8. The Morgan fingerprint density at radius 2 is 1.71 bits per heavy atom. The molecular formula is C16H28N2O2S. The van der Waals surface area contributed by atoms with Crippen LogP contribution in [0.3, 0.4) is 0 Å². The van der Waals surface area contributed by atoms with Gasteiger partial charge in [-0.1, -0.05) is 39.8 Å². The largest absolute Gasteiger partial charge is 0.310 e. The summed E-state index contributed by atoms with van der Waals surface area (Å²) < 4.78 is 26.5. The maximum absolute atomic E-state index is 12.5. The van der Waals surface area contributed by atoms with Crippen LogP contribution in [-0.4, -0.2) is 32.9 Å². The zero-order valence-electron chi connectivity index (χ0n) is 14.0. The third kappa shape index (κ3) is 5.09. The second kappa shape index (κ2) is 6.90. The van der Waals surface area contributed by atoms with Gasteiger partial charge in [-0.3, -0.25) is 0 Å². The van der Waals surface area contributed by atoms with Gasteiger partial charge in [-0.2, -0.15) is 0 Å². The van der Waals surface area contributed by atoms with E-state index < -0.39 is 10.0 Å². The maximum atomic E-state index is 12.5. The van der Waals surface area contributed by atoms with Crippen molar-refractivity contribution in [3.05, 3.63) is 29.8 Å². The second-order valence-corrected chi connectivity index (χ2v) is 8.72. The minimum atomic E-state index is -3.41. The van der Waals surface area contributed by atoms with Crippen molar-refractivity contribution < 1.29 is 8.42 Å². The van der Waals surface area contributed by atoms with Crippen molar-refractivity contribution in [2.24, 2.45) is 5.41 Å². The Balaban J connectivity index is 2.95. The third-order valence-corrected chi connectivity index (χ3v) is 5.11. The van der Waals surface area contributed by atoms with Gasteiger partial charge in [-0.05, 0) is 36.6 Å². The SMILES string of the molecule is CCNC(C)c1ccc(S(=O)(=O)N(C)CC(C)(C)C)cc1. The summed E-state index contributed by atoms with van der Waals surface area (Å²) in [5.41, 5.74) is 1.02. The second-order valence-electron chi connectivity index (χ2n) is 6.67. The monoisotopic (exact) mass is 312 g/mol. The van der Waals surface area contributed by atoms with E-state index in [-0.39, 0.29) is 11.5 Å². The number of hydrogen-bond donors (Lipinski definition) is 1. The highest BCUT2D eigenvalue weighted by Crippen LogP contribution is 2.22.